The number of thiophene rings is 1. The Hall–Kier alpha value is -2.06. The van der Waals surface area contributed by atoms with Crippen LogP contribution < -0.4 is 5.43 Å². The zero-order chi connectivity index (χ0) is 15.4. The molecule has 21 heavy (non-hydrogen) atoms. The first kappa shape index (κ1) is 15.3. The normalized spacial score (nSPS) is 11.2. The summed E-state index contributed by atoms with van der Waals surface area (Å²) in [5.41, 5.74) is 2.69. The van der Waals surface area contributed by atoms with Crippen LogP contribution in [0.1, 0.15) is 22.2 Å². The van der Waals surface area contributed by atoms with Gasteiger partial charge in [-0.2, -0.15) is 5.10 Å². The number of rotatable bonds is 4. The van der Waals surface area contributed by atoms with E-state index in [4.69, 9.17) is 0 Å². The highest BCUT2D eigenvalue weighted by molar-refractivity contribution is 9.11. The molecule has 1 N–H and O–H groups in total. The number of benzene rings is 1. The van der Waals surface area contributed by atoms with Crippen molar-refractivity contribution >= 4 is 44.6 Å². The minimum absolute atomic E-state index is 0.0218. The molecule has 0 aliphatic rings. The highest BCUT2D eigenvalue weighted by Crippen LogP contribution is 2.22. The second kappa shape index (κ2) is 6.59. The first-order valence-corrected chi connectivity index (χ1v) is 7.43. The van der Waals surface area contributed by atoms with E-state index >= 15 is 0 Å². The number of carbonyl (C=O) groups excluding carboxylic acids is 1. The summed E-state index contributed by atoms with van der Waals surface area (Å²) in [4.78, 5) is 23.2. The molecule has 0 aliphatic heterocycles. The molecule has 8 heteroatoms. The fourth-order valence-corrected chi connectivity index (χ4v) is 2.91. The largest absolute Gasteiger partial charge is 0.282 e. The van der Waals surface area contributed by atoms with Gasteiger partial charge in [-0.25, -0.2) is 5.43 Å². The number of hydrogen-bond acceptors (Lipinski definition) is 5. The highest BCUT2D eigenvalue weighted by Gasteiger charge is 2.18. The molecule has 1 aromatic heterocycles. The molecule has 2 aromatic rings. The number of nitrogens with one attached hydrogen (secondary N) is 1. The molecule has 0 aliphatic carbocycles. The van der Waals surface area contributed by atoms with E-state index in [1.165, 1.54) is 29.5 Å². The van der Waals surface area contributed by atoms with Crippen molar-refractivity contribution in [3.05, 3.63) is 60.7 Å². The highest BCUT2D eigenvalue weighted by atomic mass is 79.9. The van der Waals surface area contributed by atoms with Crippen molar-refractivity contribution in [2.75, 3.05) is 0 Å². The van der Waals surface area contributed by atoms with Gasteiger partial charge in [0.25, 0.3) is 11.6 Å². The Morgan fingerprint density at radius 3 is 2.67 bits per heavy atom. The molecule has 1 aromatic carbocycles. The van der Waals surface area contributed by atoms with Gasteiger partial charge in [0.2, 0.25) is 0 Å². The third-order valence-electron chi connectivity index (χ3n) is 2.60. The first-order valence-electron chi connectivity index (χ1n) is 5.83. The topological polar surface area (TPSA) is 84.6 Å². The second-order valence-electron chi connectivity index (χ2n) is 4.02. The van der Waals surface area contributed by atoms with Crippen LogP contribution in [0.4, 0.5) is 5.69 Å². The van der Waals surface area contributed by atoms with Gasteiger partial charge < -0.3 is 0 Å². The Balaban J connectivity index is 2.17. The number of carbonyl (C=O) groups is 1. The summed E-state index contributed by atoms with van der Waals surface area (Å²) < 4.78 is 0.956. The first-order chi connectivity index (χ1) is 9.99. The molecule has 6 nitrogen and oxygen atoms in total. The standard InChI is InChI=1S/C13H10BrN3O3S/c1-8(11-6-7-12(14)21-11)15-16-13(18)9-4-2-3-5-10(9)17(19)20/h2-7H,1H3,(H,16,18)/b15-8+. The monoisotopic (exact) mass is 367 g/mol. The summed E-state index contributed by atoms with van der Waals surface area (Å²) in [6, 6.07) is 9.48. The van der Waals surface area contributed by atoms with Crippen LogP contribution in [0.15, 0.2) is 45.3 Å². The van der Waals surface area contributed by atoms with Gasteiger partial charge in [0.15, 0.2) is 0 Å². The number of hydrazone groups is 1. The number of halogens is 1. The summed E-state index contributed by atoms with van der Waals surface area (Å²) in [5.74, 6) is -0.614. The van der Waals surface area contributed by atoms with E-state index in [2.05, 4.69) is 26.5 Å². The average Bonchev–Trinajstić information content (AvgIpc) is 2.91. The van der Waals surface area contributed by atoms with Crippen LogP contribution in [0.3, 0.4) is 0 Å². The third kappa shape index (κ3) is 3.73. The Labute approximate surface area is 132 Å². The van der Waals surface area contributed by atoms with Crippen LogP contribution in [0.2, 0.25) is 0 Å². The molecule has 2 rings (SSSR count). The van der Waals surface area contributed by atoms with Crippen LogP contribution in [0.5, 0.6) is 0 Å². The lowest BCUT2D eigenvalue weighted by molar-refractivity contribution is -0.385. The minimum atomic E-state index is -0.614. The summed E-state index contributed by atoms with van der Waals surface area (Å²) in [7, 11) is 0. The predicted molar refractivity (Wildman–Crippen MR) is 84.8 cm³/mol. The molecule has 0 saturated carbocycles. The fraction of sp³-hybridized carbons (Fsp3) is 0.0769. The van der Waals surface area contributed by atoms with Crippen LogP contribution in [-0.4, -0.2) is 16.5 Å². The maximum atomic E-state index is 12.0. The van der Waals surface area contributed by atoms with Crippen molar-refractivity contribution in [3.8, 4) is 0 Å². The second-order valence-corrected chi connectivity index (χ2v) is 6.48. The molecule has 0 saturated heterocycles. The van der Waals surface area contributed by atoms with Gasteiger partial charge in [-0.1, -0.05) is 12.1 Å². The van der Waals surface area contributed by atoms with E-state index in [9.17, 15) is 14.9 Å². The van der Waals surface area contributed by atoms with E-state index in [0.29, 0.717) is 5.71 Å². The molecule has 1 heterocycles. The van der Waals surface area contributed by atoms with Crippen LogP contribution in [-0.2, 0) is 0 Å². The van der Waals surface area contributed by atoms with Gasteiger partial charge in [-0.15, -0.1) is 11.3 Å². The maximum Gasteiger partial charge on any atom is 0.282 e. The number of nitrogens with zero attached hydrogens (tertiary/aromatic N) is 2. The quantitative estimate of drug-likeness (QED) is 0.509. The average molecular weight is 368 g/mol. The van der Waals surface area contributed by atoms with E-state index in [1.807, 2.05) is 12.1 Å². The number of nitro groups is 1. The van der Waals surface area contributed by atoms with Crippen LogP contribution >= 0.6 is 27.3 Å². The van der Waals surface area contributed by atoms with Gasteiger partial charge in [0.05, 0.1) is 19.3 Å². The van der Waals surface area contributed by atoms with Crippen LogP contribution in [0.25, 0.3) is 0 Å². The number of para-hydroxylation sites is 1. The minimum Gasteiger partial charge on any atom is -0.267 e. The predicted octanol–water partition coefficient (Wildman–Crippen LogP) is 3.57. The van der Waals surface area contributed by atoms with Crippen molar-refractivity contribution in [1.82, 2.24) is 5.43 Å². The molecule has 0 bridgehead atoms. The van der Waals surface area contributed by atoms with E-state index in [-0.39, 0.29) is 11.3 Å². The van der Waals surface area contributed by atoms with Crippen molar-refractivity contribution in [2.45, 2.75) is 6.92 Å². The SMILES string of the molecule is C/C(=N\NC(=O)c1ccccc1[N+](=O)[O-])c1ccc(Br)s1. The third-order valence-corrected chi connectivity index (χ3v) is 4.33. The molecular formula is C13H10BrN3O3S. The lowest BCUT2D eigenvalue weighted by Gasteiger charge is -2.02. The van der Waals surface area contributed by atoms with Gasteiger partial charge >= 0.3 is 0 Å². The molecule has 0 fully saturated rings. The lowest BCUT2D eigenvalue weighted by Crippen LogP contribution is -2.20. The molecule has 0 atom stereocenters. The summed E-state index contributed by atoms with van der Waals surface area (Å²) in [5, 5.41) is 14.8. The molecule has 108 valence electrons. The lowest BCUT2D eigenvalue weighted by atomic mass is 10.2. The summed E-state index contributed by atoms with van der Waals surface area (Å²) in [6.45, 7) is 1.75. The fourth-order valence-electron chi connectivity index (χ4n) is 1.58. The smallest absolute Gasteiger partial charge is 0.267 e. The summed E-state index contributed by atoms with van der Waals surface area (Å²) in [6.07, 6.45) is 0. The van der Waals surface area contributed by atoms with Crippen molar-refractivity contribution in [3.63, 3.8) is 0 Å². The molecule has 0 unspecified atom stereocenters. The Morgan fingerprint density at radius 2 is 2.05 bits per heavy atom. The van der Waals surface area contributed by atoms with Gasteiger partial charge in [0.1, 0.15) is 5.56 Å². The van der Waals surface area contributed by atoms with Crippen molar-refractivity contribution in [2.24, 2.45) is 5.10 Å². The van der Waals surface area contributed by atoms with E-state index < -0.39 is 10.8 Å². The van der Waals surface area contributed by atoms with Crippen molar-refractivity contribution < 1.29 is 9.72 Å². The Kier molecular flexibility index (Phi) is 4.81. The van der Waals surface area contributed by atoms with Crippen molar-refractivity contribution in [1.29, 1.82) is 0 Å². The molecule has 1 amide bonds. The zero-order valence-corrected chi connectivity index (χ0v) is 13.3. The van der Waals surface area contributed by atoms with Gasteiger partial charge in [-0.3, -0.25) is 14.9 Å². The maximum absolute atomic E-state index is 12.0. The number of hydrogen-bond donors (Lipinski definition) is 1. The van der Waals surface area contributed by atoms with Gasteiger partial charge in [0, 0.05) is 6.07 Å². The molecule has 0 spiro atoms. The molecular weight excluding hydrogens is 358 g/mol. The Morgan fingerprint density at radius 1 is 1.33 bits per heavy atom. The van der Waals surface area contributed by atoms with Gasteiger partial charge in [-0.05, 0) is 41.1 Å². The number of amides is 1. The van der Waals surface area contributed by atoms with E-state index in [0.717, 1.165) is 8.66 Å². The zero-order valence-electron chi connectivity index (χ0n) is 10.9. The molecule has 0 radical (unpaired) electrons. The number of nitro benzene ring substituents is 1. The Bertz CT molecular complexity index is 727. The summed E-state index contributed by atoms with van der Waals surface area (Å²) >= 11 is 4.82. The van der Waals surface area contributed by atoms with Crippen LogP contribution in [0, 0.1) is 10.1 Å². The van der Waals surface area contributed by atoms with E-state index in [1.54, 1.807) is 13.0 Å².